The Bertz CT molecular complexity index is 488. The van der Waals surface area contributed by atoms with Gasteiger partial charge in [0.1, 0.15) is 0 Å². The first-order chi connectivity index (χ1) is 9.81. The molecule has 0 heterocycles. The van der Waals surface area contributed by atoms with Gasteiger partial charge in [0.05, 0.1) is 6.42 Å². The molecule has 1 aromatic carbocycles. The molecular formula is C15H21BrN2O3. The number of carbonyl (C=O) groups is 2. The molecule has 0 aliphatic heterocycles. The van der Waals surface area contributed by atoms with Crippen molar-refractivity contribution in [1.82, 2.24) is 9.80 Å². The summed E-state index contributed by atoms with van der Waals surface area (Å²) in [4.78, 5) is 26.3. The van der Waals surface area contributed by atoms with E-state index in [1.165, 1.54) is 0 Å². The third-order valence-electron chi connectivity index (χ3n) is 3.10. The number of halogens is 1. The SMILES string of the molecule is CC(C)N(CCC(=O)O)C(=O)N(C)Cc1ccc(Br)cc1. The lowest BCUT2D eigenvalue weighted by atomic mass is 10.2. The van der Waals surface area contributed by atoms with E-state index in [2.05, 4.69) is 15.9 Å². The third kappa shape index (κ3) is 5.75. The number of carboxylic acids is 1. The number of hydrogen-bond acceptors (Lipinski definition) is 2. The van der Waals surface area contributed by atoms with E-state index in [-0.39, 0.29) is 25.0 Å². The predicted octanol–water partition coefficient (Wildman–Crippen LogP) is 3.19. The lowest BCUT2D eigenvalue weighted by molar-refractivity contribution is -0.137. The van der Waals surface area contributed by atoms with Crippen LogP contribution in [0.5, 0.6) is 0 Å². The van der Waals surface area contributed by atoms with E-state index in [1.807, 2.05) is 38.1 Å². The molecule has 0 radical (unpaired) electrons. The molecule has 21 heavy (non-hydrogen) atoms. The van der Waals surface area contributed by atoms with Gasteiger partial charge in [-0.25, -0.2) is 4.79 Å². The van der Waals surface area contributed by atoms with Crippen LogP contribution in [-0.2, 0) is 11.3 Å². The van der Waals surface area contributed by atoms with Crippen molar-refractivity contribution in [1.29, 1.82) is 0 Å². The number of urea groups is 1. The van der Waals surface area contributed by atoms with Gasteiger partial charge in [-0.05, 0) is 31.5 Å². The Morgan fingerprint density at radius 2 is 1.81 bits per heavy atom. The van der Waals surface area contributed by atoms with Crippen molar-refractivity contribution in [3.05, 3.63) is 34.3 Å². The monoisotopic (exact) mass is 356 g/mol. The molecule has 0 unspecified atom stereocenters. The number of rotatable bonds is 6. The summed E-state index contributed by atoms with van der Waals surface area (Å²) in [6.07, 6.45) is -0.0456. The van der Waals surface area contributed by atoms with E-state index in [0.29, 0.717) is 6.54 Å². The van der Waals surface area contributed by atoms with Crippen LogP contribution in [0.3, 0.4) is 0 Å². The third-order valence-corrected chi connectivity index (χ3v) is 3.62. The summed E-state index contributed by atoms with van der Waals surface area (Å²) in [5.41, 5.74) is 1.02. The molecule has 0 aliphatic carbocycles. The minimum absolute atomic E-state index is 0.0378. The number of carbonyl (C=O) groups excluding carboxylic acids is 1. The summed E-state index contributed by atoms with van der Waals surface area (Å²) < 4.78 is 0.991. The van der Waals surface area contributed by atoms with Crippen LogP contribution in [0.25, 0.3) is 0 Å². The maximum Gasteiger partial charge on any atom is 0.320 e. The first-order valence-electron chi connectivity index (χ1n) is 6.79. The number of benzene rings is 1. The Labute approximate surface area is 133 Å². The molecule has 1 N–H and O–H groups in total. The zero-order chi connectivity index (χ0) is 16.0. The van der Waals surface area contributed by atoms with Crippen molar-refractivity contribution >= 4 is 27.9 Å². The number of amides is 2. The molecule has 6 heteroatoms. The van der Waals surface area contributed by atoms with Crippen molar-refractivity contribution in [3.63, 3.8) is 0 Å². The summed E-state index contributed by atoms with van der Waals surface area (Å²) in [5.74, 6) is -0.899. The van der Waals surface area contributed by atoms with Crippen LogP contribution >= 0.6 is 15.9 Å². The Kier molecular flexibility index (Phi) is 6.68. The highest BCUT2D eigenvalue weighted by molar-refractivity contribution is 9.10. The maximum absolute atomic E-state index is 12.4. The van der Waals surface area contributed by atoms with Gasteiger partial charge in [0, 0.05) is 30.7 Å². The second-order valence-electron chi connectivity index (χ2n) is 5.20. The van der Waals surface area contributed by atoms with Gasteiger partial charge in [-0.3, -0.25) is 4.79 Å². The molecule has 0 aromatic heterocycles. The highest BCUT2D eigenvalue weighted by Crippen LogP contribution is 2.13. The largest absolute Gasteiger partial charge is 0.481 e. The first kappa shape index (κ1) is 17.5. The topological polar surface area (TPSA) is 60.9 Å². The summed E-state index contributed by atoms with van der Waals surface area (Å²) in [6.45, 7) is 4.47. The first-order valence-corrected chi connectivity index (χ1v) is 7.58. The summed E-state index contributed by atoms with van der Waals surface area (Å²) in [7, 11) is 1.72. The maximum atomic E-state index is 12.4. The van der Waals surface area contributed by atoms with Crippen LogP contribution in [-0.4, -0.2) is 46.5 Å². The van der Waals surface area contributed by atoms with Crippen molar-refractivity contribution in [2.24, 2.45) is 0 Å². The minimum Gasteiger partial charge on any atom is -0.481 e. The highest BCUT2D eigenvalue weighted by atomic mass is 79.9. The van der Waals surface area contributed by atoms with E-state index in [9.17, 15) is 9.59 Å². The summed E-state index contributed by atoms with van der Waals surface area (Å²) >= 11 is 3.37. The van der Waals surface area contributed by atoms with Crippen molar-refractivity contribution in [2.45, 2.75) is 32.9 Å². The smallest absolute Gasteiger partial charge is 0.320 e. The van der Waals surface area contributed by atoms with Crippen molar-refractivity contribution < 1.29 is 14.7 Å². The quantitative estimate of drug-likeness (QED) is 0.851. The molecule has 5 nitrogen and oxygen atoms in total. The molecule has 116 valence electrons. The molecule has 0 saturated carbocycles. The van der Waals surface area contributed by atoms with Crippen LogP contribution in [0.2, 0.25) is 0 Å². The zero-order valence-electron chi connectivity index (χ0n) is 12.5. The molecule has 0 aliphatic rings. The molecule has 1 aromatic rings. The number of aliphatic carboxylic acids is 1. The van der Waals surface area contributed by atoms with Crippen molar-refractivity contribution in [3.8, 4) is 0 Å². The molecule has 0 bridgehead atoms. The zero-order valence-corrected chi connectivity index (χ0v) is 14.1. The van der Waals surface area contributed by atoms with Gasteiger partial charge in [0.2, 0.25) is 0 Å². The van der Waals surface area contributed by atoms with Gasteiger partial charge in [0.15, 0.2) is 0 Å². The van der Waals surface area contributed by atoms with E-state index in [0.717, 1.165) is 10.0 Å². The lowest BCUT2D eigenvalue weighted by Gasteiger charge is -2.31. The standard InChI is InChI=1S/C15H21BrN2O3/c1-11(2)18(9-8-14(19)20)15(21)17(3)10-12-4-6-13(16)7-5-12/h4-7,11H,8-10H2,1-3H3,(H,19,20). The van der Waals surface area contributed by atoms with Crippen LogP contribution in [0, 0.1) is 0 Å². The highest BCUT2D eigenvalue weighted by Gasteiger charge is 2.21. The average molecular weight is 357 g/mol. The average Bonchev–Trinajstić information content (AvgIpc) is 2.40. The van der Waals surface area contributed by atoms with Gasteiger partial charge >= 0.3 is 12.0 Å². The van der Waals surface area contributed by atoms with E-state index >= 15 is 0 Å². The molecule has 1 rings (SSSR count). The molecule has 0 spiro atoms. The summed E-state index contributed by atoms with van der Waals surface area (Å²) in [6, 6.07) is 7.56. The van der Waals surface area contributed by atoms with Gasteiger partial charge in [-0.15, -0.1) is 0 Å². The second-order valence-corrected chi connectivity index (χ2v) is 6.11. The Morgan fingerprint density at radius 1 is 1.24 bits per heavy atom. The second kappa shape index (κ2) is 8.02. The number of carboxylic acid groups (broad SMARTS) is 1. The fraction of sp³-hybridized carbons (Fsp3) is 0.467. The van der Waals surface area contributed by atoms with Crippen LogP contribution in [0.15, 0.2) is 28.7 Å². The van der Waals surface area contributed by atoms with E-state index in [1.54, 1.807) is 16.8 Å². The van der Waals surface area contributed by atoms with E-state index in [4.69, 9.17) is 5.11 Å². The predicted molar refractivity (Wildman–Crippen MR) is 85.1 cm³/mol. The van der Waals surface area contributed by atoms with Crippen LogP contribution < -0.4 is 0 Å². The normalized spacial score (nSPS) is 10.5. The number of hydrogen-bond donors (Lipinski definition) is 1. The Balaban J connectivity index is 2.68. The fourth-order valence-corrected chi connectivity index (χ4v) is 2.21. The molecule has 0 atom stereocenters. The summed E-state index contributed by atoms with van der Waals surface area (Å²) in [5, 5.41) is 8.77. The Morgan fingerprint density at radius 3 is 2.29 bits per heavy atom. The number of nitrogens with zero attached hydrogens (tertiary/aromatic N) is 2. The van der Waals surface area contributed by atoms with Crippen molar-refractivity contribution in [2.75, 3.05) is 13.6 Å². The van der Waals surface area contributed by atoms with Gasteiger partial charge in [0.25, 0.3) is 0 Å². The molecule has 2 amide bonds. The van der Waals surface area contributed by atoms with Gasteiger partial charge in [-0.1, -0.05) is 28.1 Å². The Hall–Kier alpha value is -1.56. The van der Waals surface area contributed by atoms with Gasteiger partial charge in [-0.2, -0.15) is 0 Å². The minimum atomic E-state index is -0.899. The lowest BCUT2D eigenvalue weighted by Crippen LogP contribution is -2.45. The molecule has 0 saturated heterocycles. The molecular weight excluding hydrogens is 336 g/mol. The van der Waals surface area contributed by atoms with Crippen LogP contribution in [0.1, 0.15) is 25.8 Å². The molecule has 0 fully saturated rings. The fourth-order valence-electron chi connectivity index (χ4n) is 1.94. The van der Waals surface area contributed by atoms with Gasteiger partial charge < -0.3 is 14.9 Å². The van der Waals surface area contributed by atoms with E-state index < -0.39 is 5.97 Å². The van der Waals surface area contributed by atoms with Crippen LogP contribution in [0.4, 0.5) is 4.79 Å².